The standard InChI is InChI=1S/C20H20N2O3/c1-13-8-14(2)10-16(9-13)21-19(23)12-22-7-6-15-11-17(25-3)4-5-18(15)20(22)24/h4-11H,12H2,1-3H3,(H,21,23). The van der Waals surface area contributed by atoms with Gasteiger partial charge in [0.1, 0.15) is 12.3 Å². The highest BCUT2D eigenvalue weighted by atomic mass is 16.5. The number of aromatic nitrogens is 1. The Morgan fingerprint density at radius 1 is 1.08 bits per heavy atom. The Kier molecular flexibility index (Phi) is 4.57. The average Bonchev–Trinajstić information content (AvgIpc) is 2.56. The number of carbonyl (C=O) groups excluding carboxylic acids is 1. The Hall–Kier alpha value is -3.08. The first-order valence-electron chi connectivity index (χ1n) is 8.01. The van der Waals surface area contributed by atoms with Crippen molar-refractivity contribution in [3.63, 3.8) is 0 Å². The summed E-state index contributed by atoms with van der Waals surface area (Å²) in [7, 11) is 1.58. The number of amides is 1. The van der Waals surface area contributed by atoms with Crippen LogP contribution in [0.15, 0.2) is 53.5 Å². The molecule has 1 amide bonds. The lowest BCUT2D eigenvalue weighted by atomic mass is 10.1. The number of methoxy groups -OCH3 is 1. The highest BCUT2D eigenvalue weighted by Gasteiger charge is 2.09. The molecule has 3 rings (SSSR count). The minimum absolute atomic E-state index is 0.0339. The maximum absolute atomic E-state index is 12.6. The van der Waals surface area contributed by atoms with E-state index in [1.807, 2.05) is 38.1 Å². The van der Waals surface area contributed by atoms with E-state index in [2.05, 4.69) is 5.32 Å². The van der Waals surface area contributed by atoms with Crippen LogP contribution in [0.25, 0.3) is 10.8 Å². The van der Waals surface area contributed by atoms with Crippen LogP contribution in [0.3, 0.4) is 0 Å². The molecule has 128 valence electrons. The summed E-state index contributed by atoms with van der Waals surface area (Å²) in [5.41, 5.74) is 2.69. The summed E-state index contributed by atoms with van der Waals surface area (Å²) >= 11 is 0. The second kappa shape index (κ2) is 6.81. The normalized spacial score (nSPS) is 10.7. The minimum atomic E-state index is -0.236. The molecule has 0 aliphatic heterocycles. The fourth-order valence-electron chi connectivity index (χ4n) is 2.92. The van der Waals surface area contributed by atoms with Crippen LogP contribution >= 0.6 is 0 Å². The third-order valence-electron chi connectivity index (χ3n) is 4.00. The molecular formula is C20H20N2O3. The molecule has 0 bridgehead atoms. The number of fused-ring (bicyclic) bond motifs is 1. The molecule has 0 spiro atoms. The first kappa shape index (κ1) is 16.8. The molecule has 0 saturated heterocycles. The van der Waals surface area contributed by atoms with Gasteiger partial charge in [0.2, 0.25) is 5.91 Å². The van der Waals surface area contributed by atoms with Crippen molar-refractivity contribution in [1.82, 2.24) is 4.57 Å². The number of anilines is 1. The summed E-state index contributed by atoms with van der Waals surface area (Å²) in [6.07, 6.45) is 1.63. The van der Waals surface area contributed by atoms with E-state index in [-0.39, 0.29) is 18.0 Å². The number of hydrogen-bond donors (Lipinski definition) is 1. The molecule has 25 heavy (non-hydrogen) atoms. The lowest BCUT2D eigenvalue weighted by Crippen LogP contribution is -2.27. The second-order valence-electron chi connectivity index (χ2n) is 6.13. The average molecular weight is 336 g/mol. The predicted octanol–water partition coefficient (Wildman–Crippen LogP) is 3.27. The number of rotatable bonds is 4. The van der Waals surface area contributed by atoms with E-state index < -0.39 is 0 Å². The van der Waals surface area contributed by atoms with Crippen LogP contribution in [0.2, 0.25) is 0 Å². The van der Waals surface area contributed by atoms with Crippen molar-refractivity contribution in [2.24, 2.45) is 0 Å². The molecule has 2 aromatic carbocycles. The highest BCUT2D eigenvalue weighted by Crippen LogP contribution is 2.18. The van der Waals surface area contributed by atoms with E-state index in [9.17, 15) is 9.59 Å². The third kappa shape index (κ3) is 3.71. The maximum atomic E-state index is 12.6. The first-order valence-corrected chi connectivity index (χ1v) is 8.01. The van der Waals surface area contributed by atoms with Gasteiger partial charge in [0, 0.05) is 17.3 Å². The van der Waals surface area contributed by atoms with Gasteiger partial charge < -0.3 is 14.6 Å². The Bertz CT molecular complexity index is 985. The van der Waals surface area contributed by atoms with Crippen molar-refractivity contribution in [1.29, 1.82) is 0 Å². The Morgan fingerprint density at radius 2 is 1.80 bits per heavy atom. The minimum Gasteiger partial charge on any atom is -0.497 e. The van der Waals surface area contributed by atoms with Gasteiger partial charge in [-0.15, -0.1) is 0 Å². The lowest BCUT2D eigenvalue weighted by molar-refractivity contribution is -0.116. The van der Waals surface area contributed by atoms with Gasteiger partial charge in [-0.25, -0.2) is 0 Å². The van der Waals surface area contributed by atoms with Gasteiger partial charge in [-0.05, 0) is 66.8 Å². The summed E-state index contributed by atoms with van der Waals surface area (Å²) in [4.78, 5) is 24.9. The van der Waals surface area contributed by atoms with Gasteiger partial charge in [0.25, 0.3) is 5.56 Å². The largest absolute Gasteiger partial charge is 0.497 e. The van der Waals surface area contributed by atoms with E-state index in [0.717, 1.165) is 22.2 Å². The van der Waals surface area contributed by atoms with Crippen LogP contribution in [0.5, 0.6) is 5.75 Å². The number of carbonyl (C=O) groups is 1. The zero-order valence-electron chi connectivity index (χ0n) is 14.5. The van der Waals surface area contributed by atoms with Crippen LogP contribution in [-0.4, -0.2) is 17.6 Å². The zero-order chi connectivity index (χ0) is 18.0. The summed E-state index contributed by atoms with van der Waals surface area (Å²) in [5, 5.41) is 4.19. The van der Waals surface area contributed by atoms with E-state index in [1.54, 1.807) is 31.5 Å². The Balaban J connectivity index is 1.83. The maximum Gasteiger partial charge on any atom is 0.258 e. The number of aryl methyl sites for hydroxylation is 2. The van der Waals surface area contributed by atoms with Gasteiger partial charge in [-0.2, -0.15) is 0 Å². The lowest BCUT2D eigenvalue weighted by Gasteiger charge is -2.10. The molecule has 1 heterocycles. The SMILES string of the molecule is COc1ccc2c(=O)n(CC(=O)Nc3cc(C)cc(C)c3)ccc2c1. The Labute approximate surface area is 145 Å². The van der Waals surface area contributed by atoms with Crippen LogP contribution in [0.4, 0.5) is 5.69 Å². The summed E-state index contributed by atoms with van der Waals surface area (Å²) in [6, 6.07) is 12.9. The van der Waals surface area contributed by atoms with Crippen molar-refractivity contribution >= 4 is 22.4 Å². The zero-order valence-corrected chi connectivity index (χ0v) is 14.5. The monoisotopic (exact) mass is 336 g/mol. The molecule has 1 aromatic heterocycles. The Morgan fingerprint density at radius 3 is 2.48 bits per heavy atom. The van der Waals surface area contributed by atoms with Crippen molar-refractivity contribution < 1.29 is 9.53 Å². The van der Waals surface area contributed by atoms with Crippen LogP contribution in [0.1, 0.15) is 11.1 Å². The topological polar surface area (TPSA) is 60.3 Å². The number of ether oxygens (including phenoxy) is 1. The third-order valence-corrected chi connectivity index (χ3v) is 4.00. The number of nitrogens with one attached hydrogen (secondary N) is 1. The number of pyridine rings is 1. The number of hydrogen-bond acceptors (Lipinski definition) is 3. The van der Waals surface area contributed by atoms with Crippen molar-refractivity contribution in [2.75, 3.05) is 12.4 Å². The summed E-state index contributed by atoms with van der Waals surface area (Å²) < 4.78 is 6.58. The molecule has 0 atom stereocenters. The van der Waals surface area contributed by atoms with Crippen LogP contribution in [0, 0.1) is 13.8 Å². The molecule has 0 saturated carbocycles. The smallest absolute Gasteiger partial charge is 0.258 e. The summed E-state index contributed by atoms with van der Waals surface area (Å²) in [5.74, 6) is 0.456. The number of nitrogens with zero attached hydrogens (tertiary/aromatic N) is 1. The molecule has 0 fully saturated rings. The number of benzene rings is 2. The quantitative estimate of drug-likeness (QED) is 0.795. The fraction of sp³-hybridized carbons (Fsp3) is 0.200. The van der Waals surface area contributed by atoms with Crippen molar-refractivity contribution in [3.05, 3.63) is 70.1 Å². The highest BCUT2D eigenvalue weighted by molar-refractivity contribution is 5.91. The molecule has 0 radical (unpaired) electrons. The van der Waals surface area contributed by atoms with Gasteiger partial charge >= 0.3 is 0 Å². The van der Waals surface area contributed by atoms with Crippen molar-refractivity contribution in [3.8, 4) is 5.75 Å². The van der Waals surface area contributed by atoms with Gasteiger partial charge in [-0.3, -0.25) is 9.59 Å². The summed E-state index contributed by atoms with van der Waals surface area (Å²) in [6.45, 7) is 3.92. The molecule has 0 aliphatic rings. The van der Waals surface area contributed by atoms with Gasteiger partial charge in [0.05, 0.1) is 7.11 Å². The van der Waals surface area contributed by atoms with E-state index in [1.165, 1.54) is 4.57 Å². The van der Waals surface area contributed by atoms with Gasteiger partial charge in [0.15, 0.2) is 0 Å². The predicted molar refractivity (Wildman–Crippen MR) is 99.3 cm³/mol. The van der Waals surface area contributed by atoms with E-state index >= 15 is 0 Å². The molecule has 0 aliphatic carbocycles. The van der Waals surface area contributed by atoms with Crippen LogP contribution in [-0.2, 0) is 11.3 Å². The molecule has 0 unspecified atom stereocenters. The first-order chi connectivity index (χ1) is 12.0. The van der Waals surface area contributed by atoms with E-state index in [0.29, 0.717) is 11.1 Å². The van der Waals surface area contributed by atoms with Gasteiger partial charge in [-0.1, -0.05) is 6.07 Å². The molecule has 5 nitrogen and oxygen atoms in total. The second-order valence-corrected chi connectivity index (χ2v) is 6.13. The molecule has 5 heteroatoms. The van der Waals surface area contributed by atoms with E-state index in [4.69, 9.17) is 4.74 Å². The molecular weight excluding hydrogens is 316 g/mol. The molecule has 3 aromatic rings. The fourth-order valence-corrected chi connectivity index (χ4v) is 2.92. The molecule has 1 N–H and O–H groups in total. The van der Waals surface area contributed by atoms with Crippen molar-refractivity contribution in [2.45, 2.75) is 20.4 Å². The van der Waals surface area contributed by atoms with Crippen LogP contribution < -0.4 is 15.6 Å².